The average Bonchev–Trinajstić information content (AvgIpc) is 2.65. The van der Waals surface area contributed by atoms with Crippen molar-refractivity contribution in [3.05, 3.63) is 23.8 Å². The number of ether oxygens (including phenoxy) is 2. The smallest absolute Gasteiger partial charge is 0.232 e. The largest absolute Gasteiger partial charge is 0.493 e. The first-order valence-electron chi connectivity index (χ1n) is 7.95. The molecule has 25 heavy (non-hydrogen) atoms. The van der Waals surface area contributed by atoms with E-state index in [4.69, 9.17) is 9.47 Å². The second-order valence-electron chi connectivity index (χ2n) is 5.21. The number of benzene rings is 1. The van der Waals surface area contributed by atoms with E-state index in [1.165, 1.54) is 11.8 Å². The summed E-state index contributed by atoms with van der Waals surface area (Å²) in [6.07, 6.45) is 0. The topological polar surface area (TPSA) is 75.5 Å². The average molecular weight is 359 g/mol. The maximum Gasteiger partial charge on any atom is 0.232 e. The maximum absolute atomic E-state index is 12.2. The number of hydrogen-bond donors (Lipinski definition) is 0. The number of pyridine rings is 1. The molecular formula is C18H21N3O3S. The van der Waals surface area contributed by atoms with Gasteiger partial charge in [-0.25, -0.2) is 4.98 Å². The van der Waals surface area contributed by atoms with Crippen molar-refractivity contribution in [3.63, 3.8) is 0 Å². The molecular weight excluding hydrogens is 338 g/mol. The summed E-state index contributed by atoms with van der Waals surface area (Å²) in [5.41, 5.74) is 1.13. The Bertz CT molecular complexity index is 813. The van der Waals surface area contributed by atoms with Crippen molar-refractivity contribution in [2.45, 2.75) is 18.9 Å². The summed E-state index contributed by atoms with van der Waals surface area (Å²) in [7, 11) is 3.12. The first-order chi connectivity index (χ1) is 12.1. The van der Waals surface area contributed by atoms with Gasteiger partial charge >= 0.3 is 0 Å². The quantitative estimate of drug-likeness (QED) is 0.707. The molecule has 2 aromatic rings. The van der Waals surface area contributed by atoms with Gasteiger partial charge in [-0.05, 0) is 26.0 Å². The molecule has 0 unspecified atom stereocenters. The van der Waals surface area contributed by atoms with Crippen molar-refractivity contribution in [2.75, 3.05) is 33.1 Å². The number of aromatic nitrogens is 1. The van der Waals surface area contributed by atoms with Crippen LogP contribution in [0.25, 0.3) is 10.9 Å². The van der Waals surface area contributed by atoms with E-state index in [9.17, 15) is 10.1 Å². The molecule has 7 heteroatoms. The lowest BCUT2D eigenvalue weighted by molar-refractivity contribution is -0.127. The SMILES string of the molecule is CCN(CC)C(=O)CSc1nc2cc(OC)c(OC)cc2cc1C#N. The van der Waals surface area contributed by atoms with Crippen LogP contribution in [0.2, 0.25) is 0 Å². The molecule has 0 atom stereocenters. The molecule has 0 saturated carbocycles. The van der Waals surface area contributed by atoms with Crippen LogP contribution in [-0.4, -0.2) is 48.9 Å². The lowest BCUT2D eigenvalue weighted by atomic mass is 10.1. The molecule has 1 aromatic heterocycles. The zero-order chi connectivity index (χ0) is 18.4. The molecule has 0 spiro atoms. The van der Waals surface area contributed by atoms with Gasteiger partial charge in [0.15, 0.2) is 11.5 Å². The van der Waals surface area contributed by atoms with Crippen molar-refractivity contribution in [2.24, 2.45) is 0 Å². The van der Waals surface area contributed by atoms with E-state index in [0.29, 0.717) is 40.7 Å². The number of carbonyl (C=O) groups excluding carboxylic acids is 1. The summed E-state index contributed by atoms with van der Waals surface area (Å²) in [6.45, 7) is 5.23. The second kappa shape index (κ2) is 8.58. The molecule has 6 nitrogen and oxygen atoms in total. The van der Waals surface area contributed by atoms with Crippen LogP contribution in [0, 0.1) is 11.3 Å². The van der Waals surface area contributed by atoms with Crippen molar-refractivity contribution in [3.8, 4) is 17.6 Å². The van der Waals surface area contributed by atoms with Gasteiger partial charge in [0.1, 0.15) is 11.1 Å². The van der Waals surface area contributed by atoms with E-state index in [2.05, 4.69) is 11.1 Å². The number of rotatable bonds is 7. The summed E-state index contributed by atoms with van der Waals surface area (Å²) in [5, 5.41) is 10.7. The number of amides is 1. The second-order valence-corrected chi connectivity index (χ2v) is 6.17. The van der Waals surface area contributed by atoms with Crippen LogP contribution < -0.4 is 9.47 Å². The van der Waals surface area contributed by atoms with Gasteiger partial charge in [-0.2, -0.15) is 5.26 Å². The Morgan fingerprint density at radius 1 is 1.20 bits per heavy atom. The van der Waals surface area contributed by atoms with E-state index in [0.717, 1.165) is 5.39 Å². The molecule has 132 valence electrons. The summed E-state index contributed by atoms with van der Waals surface area (Å²) in [6, 6.07) is 7.47. The molecule has 0 aliphatic heterocycles. The zero-order valence-corrected chi connectivity index (χ0v) is 15.6. The highest BCUT2D eigenvalue weighted by atomic mass is 32.2. The van der Waals surface area contributed by atoms with E-state index >= 15 is 0 Å². The van der Waals surface area contributed by atoms with E-state index < -0.39 is 0 Å². The Kier molecular flexibility index (Phi) is 6.48. The van der Waals surface area contributed by atoms with Gasteiger partial charge in [0.05, 0.1) is 31.1 Å². The summed E-state index contributed by atoms with van der Waals surface area (Å²) < 4.78 is 10.6. The van der Waals surface area contributed by atoms with Gasteiger partial charge in [-0.15, -0.1) is 0 Å². The Balaban J connectivity index is 2.36. The Hall–Kier alpha value is -2.46. The molecule has 0 N–H and O–H groups in total. The molecule has 2 rings (SSSR count). The van der Waals surface area contributed by atoms with E-state index in [1.807, 2.05) is 13.8 Å². The number of carbonyl (C=O) groups is 1. The molecule has 0 aliphatic carbocycles. The maximum atomic E-state index is 12.2. The van der Waals surface area contributed by atoms with Crippen molar-refractivity contribution in [1.29, 1.82) is 5.26 Å². The van der Waals surface area contributed by atoms with Crippen molar-refractivity contribution in [1.82, 2.24) is 9.88 Å². The van der Waals surface area contributed by atoms with Crippen LogP contribution in [0.15, 0.2) is 23.2 Å². The van der Waals surface area contributed by atoms with Gasteiger partial charge in [-0.3, -0.25) is 4.79 Å². The van der Waals surface area contributed by atoms with Gasteiger partial charge in [-0.1, -0.05) is 11.8 Å². The van der Waals surface area contributed by atoms with Gasteiger partial charge in [0, 0.05) is 24.5 Å². The van der Waals surface area contributed by atoms with Gasteiger partial charge < -0.3 is 14.4 Å². The van der Waals surface area contributed by atoms with Crippen LogP contribution in [0.4, 0.5) is 0 Å². The minimum absolute atomic E-state index is 0.0353. The fourth-order valence-electron chi connectivity index (χ4n) is 2.47. The Labute approximate surface area is 151 Å². The molecule has 1 heterocycles. The molecule has 0 radical (unpaired) electrons. The van der Waals surface area contributed by atoms with E-state index in [-0.39, 0.29) is 11.7 Å². The van der Waals surface area contributed by atoms with Crippen LogP contribution in [0.3, 0.4) is 0 Å². The van der Waals surface area contributed by atoms with Crippen LogP contribution >= 0.6 is 11.8 Å². The highest BCUT2D eigenvalue weighted by Gasteiger charge is 2.15. The van der Waals surface area contributed by atoms with Crippen LogP contribution in [0.5, 0.6) is 11.5 Å². The predicted octanol–water partition coefficient (Wildman–Crippen LogP) is 3.08. The highest BCUT2D eigenvalue weighted by molar-refractivity contribution is 8.00. The highest BCUT2D eigenvalue weighted by Crippen LogP contribution is 2.33. The van der Waals surface area contributed by atoms with Gasteiger partial charge in [0.2, 0.25) is 5.91 Å². The third-order valence-corrected chi connectivity index (χ3v) is 4.83. The normalized spacial score (nSPS) is 10.4. The number of methoxy groups -OCH3 is 2. The molecule has 0 bridgehead atoms. The Morgan fingerprint density at radius 3 is 2.40 bits per heavy atom. The first kappa shape index (κ1) is 18.9. The lowest BCUT2D eigenvalue weighted by Gasteiger charge is -2.18. The zero-order valence-electron chi connectivity index (χ0n) is 14.8. The summed E-state index contributed by atoms with van der Waals surface area (Å²) in [5.74, 6) is 1.44. The summed E-state index contributed by atoms with van der Waals surface area (Å²) in [4.78, 5) is 18.5. The number of fused-ring (bicyclic) bond motifs is 1. The van der Waals surface area contributed by atoms with Gasteiger partial charge in [0.25, 0.3) is 0 Å². The number of thioether (sulfide) groups is 1. The van der Waals surface area contributed by atoms with Crippen molar-refractivity contribution < 1.29 is 14.3 Å². The van der Waals surface area contributed by atoms with Crippen LogP contribution in [-0.2, 0) is 4.79 Å². The number of nitrogens with zero attached hydrogens (tertiary/aromatic N) is 3. The number of nitriles is 1. The molecule has 1 amide bonds. The molecule has 0 aliphatic rings. The molecule has 1 aromatic carbocycles. The minimum Gasteiger partial charge on any atom is -0.493 e. The first-order valence-corrected chi connectivity index (χ1v) is 8.93. The third-order valence-electron chi connectivity index (χ3n) is 3.85. The third kappa shape index (κ3) is 4.15. The number of hydrogen-bond acceptors (Lipinski definition) is 6. The monoisotopic (exact) mass is 359 g/mol. The summed E-state index contributed by atoms with van der Waals surface area (Å²) >= 11 is 1.28. The minimum atomic E-state index is 0.0353. The fourth-order valence-corrected chi connectivity index (χ4v) is 3.34. The predicted molar refractivity (Wildman–Crippen MR) is 98.2 cm³/mol. The van der Waals surface area contributed by atoms with Crippen LogP contribution in [0.1, 0.15) is 19.4 Å². The Morgan fingerprint density at radius 2 is 1.84 bits per heavy atom. The molecule has 0 fully saturated rings. The fraction of sp³-hybridized carbons (Fsp3) is 0.389. The van der Waals surface area contributed by atoms with Crippen molar-refractivity contribution >= 4 is 28.6 Å². The lowest BCUT2D eigenvalue weighted by Crippen LogP contribution is -2.31. The standard InChI is InChI=1S/C18H21N3O3S/c1-5-21(6-2)17(22)11-25-18-13(10-19)7-12-8-15(23-3)16(24-4)9-14(12)20-18/h7-9H,5-6,11H2,1-4H3. The van der Waals surface area contributed by atoms with E-state index in [1.54, 1.807) is 37.3 Å². The molecule has 0 saturated heterocycles.